The van der Waals surface area contributed by atoms with Crippen LogP contribution in [0.4, 0.5) is 0 Å². The molecule has 0 aliphatic carbocycles. The van der Waals surface area contributed by atoms with Gasteiger partial charge in [-0.1, -0.05) is 11.6 Å². The van der Waals surface area contributed by atoms with Gasteiger partial charge in [0.1, 0.15) is 11.8 Å². The van der Waals surface area contributed by atoms with Crippen LogP contribution < -0.4 is 5.73 Å². The summed E-state index contributed by atoms with van der Waals surface area (Å²) in [5.41, 5.74) is 6.92. The lowest BCUT2D eigenvalue weighted by Crippen LogP contribution is -2.23. The van der Waals surface area contributed by atoms with Crippen molar-refractivity contribution in [2.24, 2.45) is 5.73 Å². The molecule has 2 N–H and O–H groups in total. The lowest BCUT2D eigenvalue weighted by atomic mass is 10.2. The number of hydrogen-bond acceptors (Lipinski definition) is 5. The number of halogens is 1. The maximum Gasteiger partial charge on any atom is 0.164 e. The van der Waals surface area contributed by atoms with Crippen molar-refractivity contribution in [1.29, 1.82) is 0 Å². The zero-order chi connectivity index (χ0) is 12.3. The summed E-state index contributed by atoms with van der Waals surface area (Å²) in [6.07, 6.45) is 3.98. The molecule has 0 radical (unpaired) electrons. The lowest BCUT2D eigenvalue weighted by molar-refractivity contribution is 0.0984. The Hall–Kier alpha value is -1.24. The average Bonchev–Trinajstić information content (AvgIpc) is 2.75. The van der Waals surface area contributed by atoms with Crippen molar-refractivity contribution in [3.8, 4) is 0 Å². The molecule has 0 aliphatic heterocycles. The van der Waals surface area contributed by atoms with Gasteiger partial charge in [-0.2, -0.15) is 0 Å². The van der Waals surface area contributed by atoms with E-state index in [4.69, 9.17) is 22.1 Å². The molecule has 0 fully saturated rings. The normalized spacial score (nSPS) is 13.1. The molecule has 17 heavy (non-hydrogen) atoms. The van der Waals surface area contributed by atoms with Gasteiger partial charge in [-0.15, -0.1) is 0 Å². The smallest absolute Gasteiger partial charge is 0.164 e. The van der Waals surface area contributed by atoms with Gasteiger partial charge in [0.05, 0.1) is 12.4 Å². The summed E-state index contributed by atoms with van der Waals surface area (Å²) in [6.45, 7) is 1.23. The average molecular weight is 256 g/mol. The number of methoxy groups -OCH3 is 1. The molecule has 2 aromatic heterocycles. The molecule has 1 atom stereocenters. The van der Waals surface area contributed by atoms with Crippen molar-refractivity contribution in [3.63, 3.8) is 0 Å². The van der Waals surface area contributed by atoms with E-state index < -0.39 is 0 Å². The lowest BCUT2D eigenvalue weighted by Gasteiger charge is -2.12. The van der Waals surface area contributed by atoms with Gasteiger partial charge in [-0.05, 0) is 6.42 Å². The van der Waals surface area contributed by atoms with E-state index in [9.17, 15) is 0 Å². The number of aromatic nitrogens is 4. The van der Waals surface area contributed by atoms with Gasteiger partial charge in [0, 0.05) is 20.2 Å². The summed E-state index contributed by atoms with van der Waals surface area (Å²) in [7, 11) is 1.66. The Kier molecular flexibility index (Phi) is 3.88. The highest BCUT2D eigenvalue weighted by atomic mass is 35.5. The first-order valence-electron chi connectivity index (χ1n) is 5.30. The van der Waals surface area contributed by atoms with E-state index in [2.05, 4.69) is 15.0 Å². The topological polar surface area (TPSA) is 78.9 Å². The van der Waals surface area contributed by atoms with Gasteiger partial charge in [-0.3, -0.25) is 0 Å². The maximum absolute atomic E-state index is 5.92. The van der Waals surface area contributed by atoms with Crippen LogP contribution in [0.25, 0.3) is 11.2 Å². The van der Waals surface area contributed by atoms with Crippen LogP contribution in [0, 0.1) is 0 Å². The standard InChI is InChI=1S/C10H14ClN5O/c1-17-7(4-12)2-3-16-6-15-8-9(11)13-5-14-10(8)16/h5-7H,2-4,12H2,1H3. The second kappa shape index (κ2) is 5.39. The summed E-state index contributed by atoms with van der Waals surface area (Å²) in [4.78, 5) is 12.2. The van der Waals surface area contributed by atoms with Crippen molar-refractivity contribution in [1.82, 2.24) is 19.5 Å². The van der Waals surface area contributed by atoms with Gasteiger partial charge < -0.3 is 15.0 Å². The second-order valence-electron chi connectivity index (χ2n) is 3.66. The number of fused-ring (bicyclic) bond motifs is 1. The van der Waals surface area contributed by atoms with E-state index in [-0.39, 0.29) is 6.10 Å². The van der Waals surface area contributed by atoms with Crippen LogP contribution in [-0.4, -0.2) is 39.3 Å². The maximum atomic E-state index is 5.92. The Morgan fingerprint density at radius 1 is 1.47 bits per heavy atom. The number of imidazole rings is 1. The van der Waals surface area contributed by atoms with E-state index in [1.807, 2.05) is 4.57 Å². The predicted octanol–water partition coefficient (Wildman–Crippen LogP) is 0.843. The summed E-state index contributed by atoms with van der Waals surface area (Å²) in [5, 5.41) is 0.371. The minimum absolute atomic E-state index is 0.0461. The number of rotatable bonds is 5. The number of ether oxygens (including phenoxy) is 1. The molecule has 2 rings (SSSR count). The van der Waals surface area contributed by atoms with E-state index in [1.54, 1.807) is 13.4 Å². The monoisotopic (exact) mass is 255 g/mol. The van der Waals surface area contributed by atoms with Crippen LogP contribution >= 0.6 is 11.6 Å². The number of nitrogens with zero attached hydrogens (tertiary/aromatic N) is 4. The van der Waals surface area contributed by atoms with Crippen LogP contribution in [-0.2, 0) is 11.3 Å². The van der Waals surface area contributed by atoms with Gasteiger partial charge in [0.15, 0.2) is 10.8 Å². The predicted molar refractivity (Wildman–Crippen MR) is 64.8 cm³/mol. The Morgan fingerprint density at radius 3 is 3.00 bits per heavy atom. The minimum Gasteiger partial charge on any atom is -0.380 e. The summed E-state index contributed by atoms with van der Waals surface area (Å²) >= 11 is 5.92. The second-order valence-corrected chi connectivity index (χ2v) is 4.01. The third-order valence-electron chi connectivity index (χ3n) is 2.64. The first kappa shape index (κ1) is 12.2. The molecule has 0 bridgehead atoms. The van der Waals surface area contributed by atoms with Crippen LogP contribution in [0.15, 0.2) is 12.7 Å². The molecule has 7 heteroatoms. The molecule has 2 heterocycles. The molecule has 6 nitrogen and oxygen atoms in total. The fraction of sp³-hybridized carbons (Fsp3) is 0.500. The Morgan fingerprint density at radius 2 is 2.29 bits per heavy atom. The van der Waals surface area contributed by atoms with Gasteiger partial charge >= 0.3 is 0 Å². The molecule has 0 spiro atoms. The highest BCUT2D eigenvalue weighted by Crippen LogP contribution is 2.17. The third-order valence-corrected chi connectivity index (χ3v) is 2.92. The SMILES string of the molecule is COC(CN)CCn1cnc2c(Cl)ncnc21. The van der Waals surface area contributed by atoms with Crippen molar-refractivity contribution in [2.75, 3.05) is 13.7 Å². The third kappa shape index (κ3) is 2.54. The zero-order valence-corrected chi connectivity index (χ0v) is 10.3. The van der Waals surface area contributed by atoms with Crippen molar-refractivity contribution in [3.05, 3.63) is 17.8 Å². The first-order valence-corrected chi connectivity index (χ1v) is 5.68. The fourth-order valence-corrected chi connectivity index (χ4v) is 1.81. The largest absolute Gasteiger partial charge is 0.380 e. The van der Waals surface area contributed by atoms with Crippen molar-refractivity contribution < 1.29 is 4.74 Å². The van der Waals surface area contributed by atoms with E-state index in [1.165, 1.54) is 6.33 Å². The highest BCUT2D eigenvalue weighted by molar-refractivity contribution is 6.33. The van der Waals surface area contributed by atoms with Crippen LogP contribution in [0.2, 0.25) is 5.15 Å². The molecule has 92 valence electrons. The van der Waals surface area contributed by atoms with E-state index >= 15 is 0 Å². The van der Waals surface area contributed by atoms with E-state index in [0.29, 0.717) is 17.2 Å². The minimum atomic E-state index is 0.0461. The first-order chi connectivity index (χ1) is 8.26. The molecular formula is C10H14ClN5O. The zero-order valence-electron chi connectivity index (χ0n) is 9.51. The summed E-state index contributed by atoms with van der Waals surface area (Å²) < 4.78 is 7.14. The quantitative estimate of drug-likeness (QED) is 0.801. The Balaban J connectivity index is 2.17. The van der Waals surface area contributed by atoms with Crippen LogP contribution in [0.3, 0.4) is 0 Å². The number of hydrogen-bond donors (Lipinski definition) is 1. The molecular weight excluding hydrogens is 242 g/mol. The van der Waals surface area contributed by atoms with Crippen LogP contribution in [0.5, 0.6) is 0 Å². The summed E-state index contributed by atoms with van der Waals surface area (Å²) in [5.74, 6) is 0. The van der Waals surface area contributed by atoms with Gasteiger partial charge in [0.2, 0.25) is 0 Å². The van der Waals surface area contributed by atoms with Crippen molar-refractivity contribution in [2.45, 2.75) is 19.1 Å². The Bertz CT molecular complexity index is 496. The molecule has 1 unspecified atom stereocenters. The number of nitrogens with two attached hydrogens (primary N) is 1. The molecule has 0 aliphatic rings. The van der Waals surface area contributed by atoms with Gasteiger partial charge in [-0.25, -0.2) is 15.0 Å². The fourth-order valence-electron chi connectivity index (χ4n) is 1.63. The molecule has 0 amide bonds. The molecule has 0 saturated heterocycles. The van der Waals surface area contributed by atoms with Crippen molar-refractivity contribution >= 4 is 22.8 Å². The van der Waals surface area contributed by atoms with Gasteiger partial charge in [0.25, 0.3) is 0 Å². The molecule has 0 aromatic carbocycles. The van der Waals surface area contributed by atoms with E-state index in [0.717, 1.165) is 18.6 Å². The molecule has 2 aromatic rings. The Labute approximate surface area is 104 Å². The number of aryl methyl sites for hydroxylation is 1. The van der Waals surface area contributed by atoms with Crippen LogP contribution in [0.1, 0.15) is 6.42 Å². The highest BCUT2D eigenvalue weighted by Gasteiger charge is 2.10. The molecule has 0 saturated carbocycles. The summed E-state index contributed by atoms with van der Waals surface area (Å²) in [6, 6.07) is 0.